The third-order valence-electron chi connectivity index (χ3n) is 6.12. The molecule has 0 spiro atoms. The Labute approximate surface area is 235 Å². The minimum atomic E-state index is -0.685. The summed E-state index contributed by atoms with van der Waals surface area (Å²) in [5, 5.41) is 23.9. The second kappa shape index (κ2) is 13.9. The minimum absolute atomic E-state index is 0.0257. The van der Waals surface area contributed by atoms with Crippen LogP contribution >= 0.6 is 23.1 Å². The van der Waals surface area contributed by atoms with Gasteiger partial charge in [-0.2, -0.15) is 0 Å². The van der Waals surface area contributed by atoms with E-state index in [1.165, 1.54) is 0 Å². The third-order valence-corrected chi connectivity index (χ3v) is 8.18. The Morgan fingerprint density at radius 2 is 1.92 bits per heavy atom. The van der Waals surface area contributed by atoms with Crippen LogP contribution in [0.3, 0.4) is 0 Å². The molecule has 10 nitrogen and oxygen atoms in total. The molecule has 4 unspecified atom stereocenters. The molecule has 2 amide bonds. The van der Waals surface area contributed by atoms with E-state index in [9.17, 15) is 14.7 Å². The lowest BCUT2D eigenvalue weighted by molar-refractivity contribution is -0.268. The van der Waals surface area contributed by atoms with E-state index in [2.05, 4.69) is 27.8 Å². The van der Waals surface area contributed by atoms with E-state index in [4.69, 9.17) is 14.2 Å². The van der Waals surface area contributed by atoms with Gasteiger partial charge < -0.3 is 30.0 Å². The molecule has 0 bridgehead atoms. The Morgan fingerprint density at radius 1 is 1.13 bits per heavy atom. The summed E-state index contributed by atoms with van der Waals surface area (Å²) in [4.78, 5) is 23.8. The van der Waals surface area contributed by atoms with Crippen LogP contribution in [0.1, 0.15) is 47.9 Å². The number of thioether (sulfide) groups is 1. The summed E-state index contributed by atoms with van der Waals surface area (Å²) in [5.74, 6) is 0.178. The van der Waals surface area contributed by atoms with Crippen molar-refractivity contribution < 1.29 is 28.9 Å². The van der Waals surface area contributed by atoms with Crippen LogP contribution in [-0.2, 0) is 25.6 Å². The number of hydrogen-bond donors (Lipinski definition) is 3. The van der Waals surface area contributed by atoms with E-state index in [-0.39, 0.29) is 37.9 Å². The van der Waals surface area contributed by atoms with Crippen molar-refractivity contribution in [2.45, 2.75) is 50.2 Å². The molecule has 1 aliphatic rings. The molecule has 0 aliphatic carbocycles. The highest BCUT2D eigenvalue weighted by Crippen LogP contribution is 2.43. The Kier molecular flexibility index (Phi) is 10.3. The third kappa shape index (κ3) is 7.99. The van der Waals surface area contributed by atoms with Gasteiger partial charge in [0.15, 0.2) is 10.6 Å². The molecular formula is C27H32N4O6S2. The number of carbonyl (C=O) groups excluding carboxylic acids is 2. The Balaban J connectivity index is 1.50. The SMILES string of the molecule is CCOC(=O)CNC(=O)Nc1cccc(C2OC(CSc3nnc(C)s3)C(C)C(c3ccc(CO)cc3)O2)c1. The molecule has 0 radical (unpaired) electrons. The Morgan fingerprint density at radius 3 is 2.62 bits per heavy atom. The number of anilines is 1. The first-order valence-electron chi connectivity index (χ1n) is 12.6. The number of aliphatic hydroxyl groups excluding tert-OH is 1. The molecular weight excluding hydrogens is 540 g/mol. The number of benzene rings is 2. The summed E-state index contributed by atoms with van der Waals surface area (Å²) < 4.78 is 18.7. The van der Waals surface area contributed by atoms with Crippen molar-refractivity contribution in [1.29, 1.82) is 0 Å². The number of amides is 2. The average Bonchev–Trinajstić information content (AvgIpc) is 3.36. The van der Waals surface area contributed by atoms with Crippen LogP contribution < -0.4 is 10.6 Å². The van der Waals surface area contributed by atoms with Crippen molar-refractivity contribution in [3.05, 3.63) is 70.2 Å². The number of aliphatic hydroxyl groups is 1. The number of carbonyl (C=O) groups is 2. The predicted molar refractivity (Wildman–Crippen MR) is 148 cm³/mol. The number of rotatable bonds is 10. The van der Waals surface area contributed by atoms with Gasteiger partial charge in [-0.25, -0.2) is 4.79 Å². The predicted octanol–water partition coefficient (Wildman–Crippen LogP) is 4.61. The van der Waals surface area contributed by atoms with Gasteiger partial charge >= 0.3 is 12.0 Å². The molecule has 39 heavy (non-hydrogen) atoms. The molecule has 4 rings (SSSR count). The molecule has 4 atom stereocenters. The monoisotopic (exact) mass is 572 g/mol. The van der Waals surface area contributed by atoms with Gasteiger partial charge in [0.25, 0.3) is 0 Å². The summed E-state index contributed by atoms with van der Waals surface area (Å²) in [6, 6.07) is 14.4. The molecule has 1 fully saturated rings. The molecule has 1 aromatic heterocycles. The fraction of sp³-hybridized carbons (Fsp3) is 0.407. The summed E-state index contributed by atoms with van der Waals surface area (Å²) in [6.45, 7) is 5.72. The summed E-state index contributed by atoms with van der Waals surface area (Å²) in [5.41, 5.74) is 3.08. The van der Waals surface area contributed by atoms with E-state index >= 15 is 0 Å². The fourth-order valence-electron chi connectivity index (χ4n) is 4.10. The normalized spacial score (nSPS) is 20.8. The highest BCUT2D eigenvalue weighted by atomic mass is 32.2. The molecule has 208 valence electrons. The lowest BCUT2D eigenvalue weighted by atomic mass is 9.91. The zero-order valence-corrected chi connectivity index (χ0v) is 23.6. The van der Waals surface area contributed by atoms with Crippen LogP contribution in [0.5, 0.6) is 0 Å². The highest BCUT2D eigenvalue weighted by Gasteiger charge is 2.38. The summed E-state index contributed by atoms with van der Waals surface area (Å²) in [7, 11) is 0. The lowest BCUT2D eigenvalue weighted by Gasteiger charge is -2.41. The van der Waals surface area contributed by atoms with E-state index in [1.54, 1.807) is 48.2 Å². The number of aryl methyl sites for hydroxylation is 1. The van der Waals surface area contributed by atoms with Crippen LogP contribution in [0.15, 0.2) is 52.9 Å². The maximum absolute atomic E-state index is 12.3. The van der Waals surface area contributed by atoms with Crippen molar-refractivity contribution >= 4 is 40.8 Å². The van der Waals surface area contributed by atoms with Gasteiger partial charge in [0.1, 0.15) is 11.6 Å². The van der Waals surface area contributed by atoms with Gasteiger partial charge in [-0.05, 0) is 37.1 Å². The first-order valence-corrected chi connectivity index (χ1v) is 14.4. The van der Waals surface area contributed by atoms with Gasteiger partial charge in [-0.3, -0.25) is 4.79 Å². The minimum Gasteiger partial charge on any atom is -0.465 e. The standard InChI is InChI=1S/C27H32N4O6S2/c1-4-35-23(33)13-28-26(34)29-21-7-5-6-20(12-21)25-36-22(15-38-27-31-30-17(3)39-27)16(2)24(37-25)19-10-8-18(14-32)9-11-19/h5-12,16,22,24-25,32H,4,13-15H2,1-3H3,(H2,28,29,34). The summed E-state index contributed by atoms with van der Waals surface area (Å²) in [6.07, 6.45) is -1.11. The molecule has 3 N–H and O–H groups in total. The molecule has 12 heteroatoms. The topological polar surface area (TPSA) is 132 Å². The number of urea groups is 1. The molecule has 1 aliphatic heterocycles. The van der Waals surface area contributed by atoms with Crippen molar-refractivity contribution in [1.82, 2.24) is 15.5 Å². The van der Waals surface area contributed by atoms with Crippen molar-refractivity contribution in [3.63, 3.8) is 0 Å². The summed E-state index contributed by atoms with van der Waals surface area (Å²) >= 11 is 3.15. The molecule has 1 saturated heterocycles. The number of ether oxygens (including phenoxy) is 3. The van der Waals surface area contributed by atoms with Gasteiger partial charge in [-0.15, -0.1) is 10.2 Å². The van der Waals surface area contributed by atoms with E-state index in [0.29, 0.717) is 11.4 Å². The second-order valence-corrected chi connectivity index (χ2v) is 11.4. The average molecular weight is 573 g/mol. The fourth-order valence-corrected chi connectivity index (χ4v) is 6.11. The Bertz CT molecular complexity index is 1260. The van der Waals surface area contributed by atoms with Crippen LogP contribution in [0.4, 0.5) is 10.5 Å². The van der Waals surface area contributed by atoms with Gasteiger partial charge in [0.2, 0.25) is 0 Å². The molecule has 2 aromatic carbocycles. The quantitative estimate of drug-likeness (QED) is 0.235. The maximum Gasteiger partial charge on any atom is 0.325 e. The molecule has 2 heterocycles. The number of esters is 1. The first-order chi connectivity index (χ1) is 18.9. The maximum atomic E-state index is 12.3. The van der Waals surface area contributed by atoms with E-state index < -0.39 is 18.3 Å². The number of aromatic nitrogens is 2. The van der Waals surface area contributed by atoms with Crippen molar-refractivity contribution in [3.8, 4) is 0 Å². The second-order valence-electron chi connectivity index (χ2n) is 8.96. The Hall–Kier alpha value is -3.03. The number of nitrogens with zero attached hydrogens (tertiary/aromatic N) is 2. The van der Waals surface area contributed by atoms with Gasteiger partial charge in [-0.1, -0.05) is 66.4 Å². The van der Waals surface area contributed by atoms with Crippen LogP contribution in [-0.4, -0.2) is 52.3 Å². The van der Waals surface area contributed by atoms with Crippen LogP contribution in [0.25, 0.3) is 0 Å². The van der Waals surface area contributed by atoms with Crippen molar-refractivity contribution in [2.24, 2.45) is 5.92 Å². The molecule has 0 saturated carbocycles. The van der Waals surface area contributed by atoms with Crippen molar-refractivity contribution in [2.75, 3.05) is 24.2 Å². The zero-order chi connectivity index (χ0) is 27.8. The van der Waals surface area contributed by atoms with Crippen LogP contribution in [0, 0.1) is 12.8 Å². The number of nitrogens with one attached hydrogen (secondary N) is 2. The van der Waals surface area contributed by atoms with Gasteiger partial charge in [0.05, 0.1) is 25.4 Å². The zero-order valence-electron chi connectivity index (χ0n) is 22.0. The lowest BCUT2D eigenvalue weighted by Crippen LogP contribution is -2.38. The first kappa shape index (κ1) is 29.0. The largest absolute Gasteiger partial charge is 0.465 e. The highest BCUT2D eigenvalue weighted by molar-refractivity contribution is 8.01. The number of hydrogen-bond acceptors (Lipinski definition) is 10. The van der Waals surface area contributed by atoms with E-state index in [1.807, 2.05) is 37.3 Å². The van der Waals surface area contributed by atoms with E-state index in [0.717, 1.165) is 26.0 Å². The van der Waals surface area contributed by atoms with Crippen LogP contribution in [0.2, 0.25) is 0 Å². The molecule has 3 aromatic rings. The van der Waals surface area contributed by atoms with Gasteiger partial charge in [0, 0.05) is 22.9 Å². The smallest absolute Gasteiger partial charge is 0.325 e.